The first kappa shape index (κ1) is 14.3. The molecule has 0 aliphatic rings. The maximum Gasteiger partial charge on any atom is 0.251 e. The molecule has 0 aliphatic heterocycles. The summed E-state index contributed by atoms with van der Waals surface area (Å²) in [5, 5.41) is 7.20. The number of aryl methyl sites for hydroxylation is 2. The number of hydrogen-bond acceptors (Lipinski definition) is 3. The maximum atomic E-state index is 11.9. The van der Waals surface area contributed by atoms with E-state index in [9.17, 15) is 4.79 Å². The lowest BCUT2D eigenvalue weighted by Gasteiger charge is -2.07. The summed E-state index contributed by atoms with van der Waals surface area (Å²) in [6.45, 7) is 5.59. The van der Waals surface area contributed by atoms with Crippen molar-refractivity contribution in [3.63, 3.8) is 0 Å². The van der Waals surface area contributed by atoms with E-state index in [2.05, 4.69) is 10.4 Å². The van der Waals surface area contributed by atoms with Crippen molar-refractivity contribution >= 4 is 5.91 Å². The normalized spacial score (nSPS) is 10.6. The van der Waals surface area contributed by atoms with Gasteiger partial charge in [0, 0.05) is 24.3 Å². The molecule has 1 amide bonds. The summed E-state index contributed by atoms with van der Waals surface area (Å²) in [5.74, 6) is -0.0920. The molecule has 1 aromatic heterocycles. The lowest BCUT2D eigenvalue weighted by molar-refractivity contribution is 0.0954. The van der Waals surface area contributed by atoms with Gasteiger partial charge < -0.3 is 11.1 Å². The van der Waals surface area contributed by atoms with Gasteiger partial charge >= 0.3 is 0 Å². The fourth-order valence-electron chi connectivity index (χ4n) is 2.11. The van der Waals surface area contributed by atoms with Gasteiger partial charge in [-0.1, -0.05) is 12.1 Å². The number of carbonyl (C=O) groups excluding carboxylic acids is 1. The van der Waals surface area contributed by atoms with E-state index in [4.69, 9.17) is 5.73 Å². The van der Waals surface area contributed by atoms with Crippen molar-refractivity contribution < 1.29 is 4.79 Å². The smallest absolute Gasteiger partial charge is 0.251 e. The first-order chi connectivity index (χ1) is 9.60. The highest BCUT2D eigenvalue weighted by molar-refractivity contribution is 5.94. The van der Waals surface area contributed by atoms with Gasteiger partial charge in [0.15, 0.2) is 0 Å². The van der Waals surface area contributed by atoms with E-state index in [1.165, 1.54) is 0 Å². The molecule has 0 saturated heterocycles. The van der Waals surface area contributed by atoms with Crippen molar-refractivity contribution in [2.75, 3.05) is 13.1 Å². The summed E-state index contributed by atoms with van der Waals surface area (Å²) < 4.78 is 1.94. The highest BCUT2D eigenvalue weighted by atomic mass is 16.1. The van der Waals surface area contributed by atoms with Gasteiger partial charge in [0.25, 0.3) is 5.91 Å². The number of nitrogens with zero attached hydrogens (tertiary/aromatic N) is 2. The second kappa shape index (κ2) is 6.34. The molecule has 0 saturated carbocycles. The first-order valence-corrected chi connectivity index (χ1v) is 6.68. The lowest BCUT2D eigenvalue weighted by atomic mass is 10.1. The number of amides is 1. The molecule has 20 heavy (non-hydrogen) atoms. The number of nitrogens with one attached hydrogen (secondary N) is 1. The van der Waals surface area contributed by atoms with Gasteiger partial charge in [-0.15, -0.1) is 0 Å². The lowest BCUT2D eigenvalue weighted by Crippen LogP contribution is -2.29. The number of rotatable bonds is 5. The van der Waals surface area contributed by atoms with Crippen molar-refractivity contribution in [1.82, 2.24) is 15.1 Å². The molecule has 2 rings (SSSR count). The minimum atomic E-state index is -0.0920. The number of hydrogen-bond donors (Lipinski definition) is 2. The SMILES string of the molecule is Cc1cc(C)n(Cc2cccc(C(=O)NCCN)c2)n1. The highest BCUT2D eigenvalue weighted by Gasteiger charge is 2.07. The maximum absolute atomic E-state index is 11.9. The molecule has 0 unspecified atom stereocenters. The molecule has 2 aromatic rings. The van der Waals surface area contributed by atoms with Gasteiger partial charge in [-0.2, -0.15) is 5.10 Å². The molecule has 0 fully saturated rings. The van der Waals surface area contributed by atoms with Crippen LogP contribution in [0.5, 0.6) is 0 Å². The zero-order valence-electron chi connectivity index (χ0n) is 11.9. The van der Waals surface area contributed by atoms with Crippen LogP contribution < -0.4 is 11.1 Å². The molecule has 1 heterocycles. The Morgan fingerprint density at radius 3 is 2.80 bits per heavy atom. The largest absolute Gasteiger partial charge is 0.351 e. The van der Waals surface area contributed by atoms with Gasteiger partial charge in [0.2, 0.25) is 0 Å². The third kappa shape index (κ3) is 3.45. The number of aromatic nitrogens is 2. The van der Waals surface area contributed by atoms with E-state index >= 15 is 0 Å². The molecule has 0 atom stereocenters. The van der Waals surface area contributed by atoms with E-state index in [-0.39, 0.29) is 5.91 Å². The Balaban J connectivity index is 2.13. The quantitative estimate of drug-likeness (QED) is 0.860. The fourth-order valence-corrected chi connectivity index (χ4v) is 2.11. The van der Waals surface area contributed by atoms with Crippen LogP contribution in [0, 0.1) is 13.8 Å². The molecular formula is C15H20N4O. The summed E-state index contributed by atoms with van der Waals surface area (Å²) in [6, 6.07) is 9.62. The predicted octanol–water partition coefficient (Wildman–Crippen LogP) is 1.24. The van der Waals surface area contributed by atoms with E-state index < -0.39 is 0 Å². The molecule has 0 spiro atoms. The summed E-state index contributed by atoms with van der Waals surface area (Å²) in [6.07, 6.45) is 0. The first-order valence-electron chi connectivity index (χ1n) is 6.68. The van der Waals surface area contributed by atoms with Gasteiger partial charge in [-0.25, -0.2) is 0 Å². The molecule has 0 aliphatic carbocycles. The number of nitrogens with two attached hydrogens (primary N) is 1. The topological polar surface area (TPSA) is 72.9 Å². The van der Waals surface area contributed by atoms with Crippen molar-refractivity contribution in [3.05, 3.63) is 52.8 Å². The van der Waals surface area contributed by atoms with Crippen LogP contribution in [-0.4, -0.2) is 28.8 Å². The van der Waals surface area contributed by atoms with Crippen LogP contribution >= 0.6 is 0 Å². The van der Waals surface area contributed by atoms with Crippen LogP contribution in [0.15, 0.2) is 30.3 Å². The van der Waals surface area contributed by atoms with Gasteiger partial charge in [0.1, 0.15) is 0 Å². The van der Waals surface area contributed by atoms with Gasteiger partial charge in [-0.3, -0.25) is 9.48 Å². The third-order valence-electron chi connectivity index (χ3n) is 3.05. The molecule has 0 bridgehead atoms. The minimum absolute atomic E-state index is 0.0920. The monoisotopic (exact) mass is 272 g/mol. The standard InChI is InChI=1S/C15H20N4O/c1-11-8-12(2)19(18-11)10-13-4-3-5-14(9-13)15(20)17-7-6-16/h3-5,8-9H,6-7,10,16H2,1-2H3,(H,17,20). The van der Waals surface area contributed by atoms with E-state index in [0.717, 1.165) is 17.0 Å². The van der Waals surface area contributed by atoms with Crippen molar-refractivity contribution in [2.24, 2.45) is 5.73 Å². The van der Waals surface area contributed by atoms with Gasteiger partial charge in [0.05, 0.1) is 12.2 Å². The average Bonchev–Trinajstić information content (AvgIpc) is 2.74. The Hall–Kier alpha value is -2.14. The Morgan fingerprint density at radius 1 is 1.35 bits per heavy atom. The second-order valence-electron chi connectivity index (χ2n) is 4.83. The Labute approximate surface area is 118 Å². The Kier molecular flexibility index (Phi) is 4.53. The van der Waals surface area contributed by atoms with Crippen molar-refractivity contribution in [3.8, 4) is 0 Å². The molecule has 1 aromatic carbocycles. The molecule has 5 heteroatoms. The summed E-state index contributed by atoms with van der Waals surface area (Å²) >= 11 is 0. The van der Waals surface area contributed by atoms with Crippen LogP contribution in [0.3, 0.4) is 0 Å². The molecule has 5 nitrogen and oxygen atoms in total. The van der Waals surface area contributed by atoms with Gasteiger partial charge in [-0.05, 0) is 37.6 Å². The second-order valence-corrected chi connectivity index (χ2v) is 4.83. The number of carbonyl (C=O) groups is 1. The summed E-state index contributed by atoms with van der Waals surface area (Å²) in [7, 11) is 0. The zero-order valence-corrected chi connectivity index (χ0v) is 11.9. The summed E-state index contributed by atoms with van der Waals surface area (Å²) in [4.78, 5) is 11.9. The fraction of sp³-hybridized carbons (Fsp3) is 0.333. The molecular weight excluding hydrogens is 252 g/mol. The minimum Gasteiger partial charge on any atom is -0.351 e. The summed E-state index contributed by atoms with van der Waals surface area (Å²) in [5.41, 5.74) is 9.19. The zero-order chi connectivity index (χ0) is 14.5. The molecule has 0 radical (unpaired) electrons. The Bertz CT molecular complexity index is 604. The van der Waals surface area contributed by atoms with Crippen LogP contribution in [0.1, 0.15) is 27.3 Å². The van der Waals surface area contributed by atoms with E-state index in [1.54, 1.807) is 6.07 Å². The highest BCUT2D eigenvalue weighted by Crippen LogP contribution is 2.10. The molecule has 3 N–H and O–H groups in total. The number of benzene rings is 1. The molecule has 106 valence electrons. The van der Waals surface area contributed by atoms with E-state index in [1.807, 2.05) is 42.8 Å². The third-order valence-corrected chi connectivity index (χ3v) is 3.05. The van der Waals surface area contributed by atoms with Crippen molar-refractivity contribution in [2.45, 2.75) is 20.4 Å². The van der Waals surface area contributed by atoms with Crippen molar-refractivity contribution in [1.29, 1.82) is 0 Å². The van der Waals surface area contributed by atoms with Crippen LogP contribution in [-0.2, 0) is 6.54 Å². The van der Waals surface area contributed by atoms with Crippen LogP contribution in [0.4, 0.5) is 0 Å². The predicted molar refractivity (Wildman–Crippen MR) is 78.6 cm³/mol. The van der Waals surface area contributed by atoms with Crippen LogP contribution in [0.25, 0.3) is 0 Å². The van der Waals surface area contributed by atoms with E-state index in [0.29, 0.717) is 25.2 Å². The average molecular weight is 272 g/mol. The Morgan fingerprint density at radius 2 is 2.15 bits per heavy atom. The van der Waals surface area contributed by atoms with Crippen LogP contribution in [0.2, 0.25) is 0 Å².